The van der Waals surface area contributed by atoms with Crippen LogP contribution < -0.4 is 10.1 Å². The standard InChI is InChI=1S/C10H14FNO/c1-12-6-5-8-3-4-10(13-2)9(11)7-8/h3-4,7,12H,5-6H2,1-2H3. The molecule has 0 amide bonds. The molecule has 0 spiro atoms. The van der Waals surface area contributed by atoms with Crippen LogP contribution in [0.5, 0.6) is 5.75 Å². The molecule has 0 bridgehead atoms. The summed E-state index contributed by atoms with van der Waals surface area (Å²) in [5, 5.41) is 3.01. The summed E-state index contributed by atoms with van der Waals surface area (Å²) in [7, 11) is 3.34. The quantitative estimate of drug-likeness (QED) is 0.765. The molecule has 0 aliphatic carbocycles. The molecule has 0 saturated heterocycles. The lowest BCUT2D eigenvalue weighted by molar-refractivity contribution is 0.386. The third kappa shape index (κ3) is 2.70. The number of methoxy groups -OCH3 is 1. The predicted octanol–water partition coefficient (Wildman–Crippen LogP) is 1.60. The van der Waals surface area contributed by atoms with E-state index in [1.54, 1.807) is 6.07 Å². The first-order valence-corrected chi connectivity index (χ1v) is 4.25. The van der Waals surface area contributed by atoms with E-state index in [1.807, 2.05) is 13.1 Å². The van der Waals surface area contributed by atoms with E-state index in [2.05, 4.69) is 5.32 Å². The number of benzene rings is 1. The first-order chi connectivity index (χ1) is 6.27. The molecule has 13 heavy (non-hydrogen) atoms. The molecule has 2 nitrogen and oxygen atoms in total. The second-order valence-corrected chi connectivity index (χ2v) is 2.82. The first-order valence-electron chi connectivity index (χ1n) is 4.25. The zero-order chi connectivity index (χ0) is 9.68. The van der Waals surface area contributed by atoms with Crippen LogP contribution in [0.3, 0.4) is 0 Å². The van der Waals surface area contributed by atoms with Crippen molar-refractivity contribution in [2.24, 2.45) is 0 Å². The number of rotatable bonds is 4. The van der Waals surface area contributed by atoms with E-state index >= 15 is 0 Å². The Kier molecular flexibility index (Phi) is 3.71. The van der Waals surface area contributed by atoms with Crippen LogP contribution in [-0.4, -0.2) is 20.7 Å². The third-order valence-electron chi connectivity index (χ3n) is 1.88. The van der Waals surface area contributed by atoms with E-state index in [-0.39, 0.29) is 5.82 Å². The van der Waals surface area contributed by atoms with E-state index in [0.29, 0.717) is 5.75 Å². The highest BCUT2D eigenvalue weighted by Crippen LogP contribution is 2.17. The van der Waals surface area contributed by atoms with Gasteiger partial charge < -0.3 is 10.1 Å². The molecular formula is C10H14FNO. The summed E-state index contributed by atoms with van der Waals surface area (Å²) in [4.78, 5) is 0. The van der Waals surface area contributed by atoms with Crippen molar-refractivity contribution < 1.29 is 9.13 Å². The van der Waals surface area contributed by atoms with Crippen LogP contribution in [0.4, 0.5) is 4.39 Å². The normalized spacial score (nSPS) is 10.1. The molecule has 1 aromatic rings. The minimum absolute atomic E-state index is 0.295. The van der Waals surface area contributed by atoms with Gasteiger partial charge in [-0.25, -0.2) is 4.39 Å². The van der Waals surface area contributed by atoms with Crippen LogP contribution in [-0.2, 0) is 6.42 Å². The van der Waals surface area contributed by atoms with Gasteiger partial charge in [-0.15, -0.1) is 0 Å². The fraction of sp³-hybridized carbons (Fsp3) is 0.400. The van der Waals surface area contributed by atoms with Gasteiger partial charge in [0.15, 0.2) is 11.6 Å². The van der Waals surface area contributed by atoms with E-state index < -0.39 is 0 Å². The lowest BCUT2D eigenvalue weighted by Gasteiger charge is -2.04. The van der Waals surface area contributed by atoms with Gasteiger partial charge in [0.25, 0.3) is 0 Å². The number of likely N-dealkylation sites (N-methyl/N-ethyl adjacent to an activating group) is 1. The molecule has 0 aromatic heterocycles. The maximum atomic E-state index is 13.1. The van der Waals surface area contributed by atoms with E-state index in [1.165, 1.54) is 13.2 Å². The van der Waals surface area contributed by atoms with Crippen LogP contribution in [0.2, 0.25) is 0 Å². The Bertz CT molecular complexity index is 276. The molecule has 1 rings (SSSR count). The van der Waals surface area contributed by atoms with E-state index in [0.717, 1.165) is 18.5 Å². The molecule has 0 fully saturated rings. The van der Waals surface area contributed by atoms with Crippen LogP contribution in [0.1, 0.15) is 5.56 Å². The Labute approximate surface area is 77.7 Å². The summed E-state index contributed by atoms with van der Waals surface area (Å²) in [5.74, 6) is 0.00399. The Hall–Kier alpha value is -1.09. The summed E-state index contributed by atoms with van der Waals surface area (Å²) in [5.41, 5.74) is 0.979. The molecule has 0 radical (unpaired) electrons. The number of halogens is 1. The van der Waals surface area contributed by atoms with Crippen LogP contribution in [0.25, 0.3) is 0 Å². The smallest absolute Gasteiger partial charge is 0.165 e. The zero-order valence-electron chi connectivity index (χ0n) is 7.93. The topological polar surface area (TPSA) is 21.3 Å². The number of hydrogen-bond donors (Lipinski definition) is 1. The molecule has 72 valence electrons. The first kappa shape index (κ1) is 9.99. The van der Waals surface area contributed by atoms with Gasteiger partial charge in [-0.2, -0.15) is 0 Å². The highest BCUT2D eigenvalue weighted by Gasteiger charge is 2.02. The summed E-state index contributed by atoms with van der Waals surface area (Å²) in [6.45, 7) is 0.853. The number of hydrogen-bond acceptors (Lipinski definition) is 2. The minimum atomic E-state index is -0.295. The fourth-order valence-electron chi connectivity index (χ4n) is 1.13. The SMILES string of the molecule is CNCCc1ccc(OC)c(F)c1. The lowest BCUT2D eigenvalue weighted by Crippen LogP contribution is -2.10. The van der Waals surface area contributed by atoms with Crippen LogP contribution in [0, 0.1) is 5.82 Å². The predicted molar refractivity (Wildman–Crippen MR) is 50.6 cm³/mol. The van der Waals surface area contributed by atoms with Gasteiger partial charge in [0, 0.05) is 0 Å². The maximum absolute atomic E-state index is 13.1. The third-order valence-corrected chi connectivity index (χ3v) is 1.88. The molecule has 0 saturated carbocycles. The molecule has 0 aliphatic heterocycles. The minimum Gasteiger partial charge on any atom is -0.494 e. The molecule has 0 unspecified atom stereocenters. The molecular weight excluding hydrogens is 169 g/mol. The Morgan fingerprint density at radius 3 is 2.77 bits per heavy atom. The molecule has 0 aliphatic rings. The van der Waals surface area contributed by atoms with Gasteiger partial charge in [-0.1, -0.05) is 6.07 Å². The molecule has 0 atom stereocenters. The summed E-state index contributed by atoms with van der Waals surface area (Å²) < 4.78 is 17.9. The largest absolute Gasteiger partial charge is 0.494 e. The van der Waals surface area contributed by atoms with Gasteiger partial charge in [0.05, 0.1) is 7.11 Å². The second kappa shape index (κ2) is 4.82. The Balaban J connectivity index is 2.71. The molecule has 3 heteroatoms. The van der Waals surface area contributed by atoms with Crippen molar-refractivity contribution in [3.05, 3.63) is 29.6 Å². The van der Waals surface area contributed by atoms with Crippen LogP contribution in [0.15, 0.2) is 18.2 Å². The molecule has 0 heterocycles. The lowest BCUT2D eigenvalue weighted by atomic mass is 10.1. The zero-order valence-corrected chi connectivity index (χ0v) is 7.93. The van der Waals surface area contributed by atoms with E-state index in [9.17, 15) is 4.39 Å². The monoisotopic (exact) mass is 183 g/mol. The number of nitrogens with one attached hydrogen (secondary N) is 1. The maximum Gasteiger partial charge on any atom is 0.165 e. The highest BCUT2D eigenvalue weighted by atomic mass is 19.1. The van der Waals surface area contributed by atoms with Gasteiger partial charge in [0.2, 0.25) is 0 Å². The van der Waals surface area contributed by atoms with Crippen molar-refractivity contribution in [2.45, 2.75) is 6.42 Å². The molecule has 1 N–H and O–H groups in total. The fourth-order valence-corrected chi connectivity index (χ4v) is 1.13. The van der Waals surface area contributed by atoms with Gasteiger partial charge >= 0.3 is 0 Å². The van der Waals surface area contributed by atoms with Crippen molar-refractivity contribution in [3.8, 4) is 5.75 Å². The average molecular weight is 183 g/mol. The van der Waals surface area contributed by atoms with Crippen molar-refractivity contribution >= 4 is 0 Å². The van der Waals surface area contributed by atoms with Crippen LogP contribution >= 0.6 is 0 Å². The highest BCUT2D eigenvalue weighted by molar-refractivity contribution is 5.29. The number of ether oxygens (including phenoxy) is 1. The Morgan fingerprint density at radius 1 is 1.46 bits per heavy atom. The van der Waals surface area contributed by atoms with E-state index in [4.69, 9.17) is 4.74 Å². The van der Waals surface area contributed by atoms with Gasteiger partial charge in [-0.05, 0) is 37.7 Å². The molecule has 1 aromatic carbocycles. The second-order valence-electron chi connectivity index (χ2n) is 2.82. The van der Waals surface area contributed by atoms with Crippen molar-refractivity contribution in [3.63, 3.8) is 0 Å². The van der Waals surface area contributed by atoms with Crippen molar-refractivity contribution in [1.29, 1.82) is 0 Å². The van der Waals surface area contributed by atoms with Gasteiger partial charge in [0.1, 0.15) is 0 Å². The summed E-state index contributed by atoms with van der Waals surface area (Å²) >= 11 is 0. The Morgan fingerprint density at radius 2 is 2.23 bits per heavy atom. The van der Waals surface area contributed by atoms with Crippen molar-refractivity contribution in [2.75, 3.05) is 20.7 Å². The average Bonchev–Trinajstić information content (AvgIpc) is 2.15. The van der Waals surface area contributed by atoms with Crippen molar-refractivity contribution in [1.82, 2.24) is 5.32 Å². The van der Waals surface area contributed by atoms with Gasteiger partial charge in [-0.3, -0.25) is 0 Å². The summed E-state index contributed by atoms with van der Waals surface area (Å²) in [6.07, 6.45) is 0.831. The summed E-state index contributed by atoms with van der Waals surface area (Å²) in [6, 6.07) is 5.04.